The van der Waals surface area contributed by atoms with Crippen molar-refractivity contribution < 1.29 is 4.79 Å². The summed E-state index contributed by atoms with van der Waals surface area (Å²) in [5.41, 5.74) is 2.80. The number of aldehydes is 1. The Hall–Kier alpha value is -2.03. The van der Waals surface area contributed by atoms with Crippen molar-refractivity contribution in [3.05, 3.63) is 59.2 Å². The normalized spacial score (nSPS) is 10.1. The largest absolute Gasteiger partial charge is 0.296 e. The molecule has 0 unspecified atom stereocenters. The minimum Gasteiger partial charge on any atom is -0.296 e. The lowest BCUT2D eigenvalue weighted by Crippen LogP contribution is -1.99. The van der Waals surface area contributed by atoms with Gasteiger partial charge in [0.1, 0.15) is 11.5 Å². The fourth-order valence-corrected chi connectivity index (χ4v) is 1.57. The molecule has 0 fully saturated rings. The highest BCUT2D eigenvalue weighted by Crippen LogP contribution is 2.08. The predicted molar refractivity (Wildman–Crippen MR) is 61.4 cm³/mol. The number of hydrogen-bond donors (Lipinski definition) is 0. The fourth-order valence-electron chi connectivity index (χ4n) is 1.57. The molecular weight excluding hydrogens is 200 g/mol. The Morgan fingerprint density at radius 2 is 2.19 bits per heavy atom. The molecule has 2 rings (SSSR count). The van der Waals surface area contributed by atoms with Gasteiger partial charge in [-0.2, -0.15) is 0 Å². The molecular formula is C13H12N2O. The van der Waals surface area contributed by atoms with Crippen LogP contribution >= 0.6 is 0 Å². The van der Waals surface area contributed by atoms with Crippen molar-refractivity contribution in [3.63, 3.8) is 0 Å². The highest BCUT2D eigenvalue weighted by atomic mass is 16.1. The van der Waals surface area contributed by atoms with Crippen molar-refractivity contribution in [1.29, 1.82) is 0 Å². The summed E-state index contributed by atoms with van der Waals surface area (Å²) >= 11 is 0. The van der Waals surface area contributed by atoms with E-state index in [4.69, 9.17) is 0 Å². The smallest absolute Gasteiger partial charge is 0.168 e. The summed E-state index contributed by atoms with van der Waals surface area (Å²) in [7, 11) is 0. The van der Waals surface area contributed by atoms with Gasteiger partial charge in [-0.3, -0.25) is 4.79 Å². The first-order valence-electron chi connectivity index (χ1n) is 5.10. The van der Waals surface area contributed by atoms with Crippen LogP contribution in [0.2, 0.25) is 0 Å². The minimum atomic E-state index is 0.428. The lowest BCUT2D eigenvalue weighted by Gasteiger charge is -2.01. The summed E-state index contributed by atoms with van der Waals surface area (Å²) in [5.74, 6) is 0.676. The zero-order chi connectivity index (χ0) is 11.4. The number of carbonyl (C=O) groups excluding carboxylic acids is 1. The second-order valence-corrected chi connectivity index (χ2v) is 3.68. The minimum absolute atomic E-state index is 0.428. The maximum atomic E-state index is 10.6. The Kier molecular flexibility index (Phi) is 3.05. The third kappa shape index (κ3) is 2.51. The first-order valence-corrected chi connectivity index (χ1v) is 5.10. The molecule has 0 radical (unpaired) electrons. The van der Waals surface area contributed by atoms with E-state index >= 15 is 0 Å². The van der Waals surface area contributed by atoms with Crippen molar-refractivity contribution in [2.45, 2.75) is 13.3 Å². The Morgan fingerprint density at radius 3 is 2.94 bits per heavy atom. The van der Waals surface area contributed by atoms with E-state index in [0.29, 0.717) is 17.9 Å². The molecule has 0 bridgehead atoms. The number of nitrogens with zero attached hydrogens (tertiary/aromatic N) is 2. The topological polar surface area (TPSA) is 42.9 Å². The fraction of sp³-hybridized carbons (Fsp3) is 0.154. The number of benzene rings is 1. The van der Waals surface area contributed by atoms with E-state index in [1.165, 1.54) is 5.56 Å². The molecule has 2 aromatic rings. The number of aromatic nitrogens is 2. The van der Waals surface area contributed by atoms with Gasteiger partial charge in [0.25, 0.3) is 0 Å². The summed E-state index contributed by atoms with van der Waals surface area (Å²) in [4.78, 5) is 18.9. The number of rotatable bonds is 3. The van der Waals surface area contributed by atoms with E-state index in [9.17, 15) is 4.79 Å². The van der Waals surface area contributed by atoms with Crippen molar-refractivity contribution in [2.75, 3.05) is 0 Å². The maximum Gasteiger partial charge on any atom is 0.168 e. The summed E-state index contributed by atoms with van der Waals surface area (Å²) < 4.78 is 0. The predicted octanol–water partition coefficient (Wildman–Crippen LogP) is 2.19. The van der Waals surface area contributed by atoms with Gasteiger partial charge in [-0.15, -0.1) is 0 Å². The van der Waals surface area contributed by atoms with Crippen LogP contribution in [0.15, 0.2) is 36.5 Å². The summed E-state index contributed by atoms with van der Waals surface area (Å²) in [6.07, 6.45) is 3.01. The van der Waals surface area contributed by atoms with Crippen LogP contribution in [0.25, 0.3) is 0 Å². The lowest BCUT2D eigenvalue weighted by atomic mass is 10.1. The quantitative estimate of drug-likeness (QED) is 0.732. The van der Waals surface area contributed by atoms with Gasteiger partial charge >= 0.3 is 0 Å². The van der Waals surface area contributed by atoms with Crippen LogP contribution in [0.1, 0.15) is 27.4 Å². The molecule has 1 aromatic heterocycles. The van der Waals surface area contributed by atoms with Crippen LogP contribution in [0.5, 0.6) is 0 Å². The molecule has 0 aliphatic carbocycles. The molecule has 1 heterocycles. The van der Waals surface area contributed by atoms with Crippen molar-refractivity contribution >= 4 is 6.29 Å². The molecule has 3 nitrogen and oxygen atoms in total. The monoisotopic (exact) mass is 212 g/mol. The lowest BCUT2D eigenvalue weighted by molar-refractivity contribution is 0.111. The van der Waals surface area contributed by atoms with Crippen LogP contribution in [0.4, 0.5) is 0 Å². The highest BCUT2D eigenvalue weighted by molar-refractivity contribution is 5.71. The summed E-state index contributed by atoms with van der Waals surface area (Å²) in [5, 5.41) is 0. The van der Waals surface area contributed by atoms with Gasteiger partial charge in [0.2, 0.25) is 0 Å². The highest BCUT2D eigenvalue weighted by Gasteiger charge is 2.00. The third-order valence-corrected chi connectivity index (χ3v) is 2.29. The van der Waals surface area contributed by atoms with Crippen LogP contribution in [0, 0.1) is 6.92 Å². The zero-order valence-electron chi connectivity index (χ0n) is 9.05. The van der Waals surface area contributed by atoms with E-state index in [2.05, 4.69) is 16.0 Å². The summed E-state index contributed by atoms with van der Waals surface area (Å²) in [6, 6.07) is 9.79. The average molecular weight is 212 g/mol. The number of carbonyl (C=O) groups is 1. The van der Waals surface area contributed by atoms with E-state index in [1.54, 1.807) is 12.3 Å². The Balaban J connectivity index is 2.23. The van der Waals surface area contributed by atoms with Crippen LogP contribution < -0.4 is 0 Å². The molecule has 0 N–H and O–H groups in total. The van der Waals surface area contributed by atoms with Gasteiger partial charge < -0.3 is 0 Å². The average Bonchev–Trinajstić information content (AvgIpc) is 2.29. The van der Waals surface area contributed by atoms with Gasteiger partial charge in [0.15, 0.2) is 6.29 Å². The second kappa shape index (κ2) is 4.66. The molecule has 0 spiro atoms. The van der Waals surface area contributed by atoms with Crippen molar-refractivity contribution in [2.24, 2.45) is 0 Å². The molecule has 0 saturated carbocycles. The molecule has 16 heavy (non-hydrogen) atoms. The third-order valence-electron chi connectivity index (χ3n) is 2.29. The molecule has 0 aliphatic rings. The SMILES string of the molecule is Cc1cccc(Cc2nccc(C=O)n2)c1. The number of hydrogen-bond acceptors (Lipinski definition) is 3. The maximum absolute atomic E-state index is 10.6. The molecule has 0 atom stereocenters. The van der Waals surface area contributed by atoms with Crippen molar-refractivity contribution in [3.8, 4) is 0 Å². The second-order valence-electron chi connectivity index (χ2n) is 3.68. The Labute approximate surface area is 94.2 Å². The van der Waals surface area contributed by atoms with E-state index in [0.717, 1.165) is 11.8 Å². The van der Waals surface area contributed by atoms with Crippen LogP contribution in [-0.4, -0.2) is 16.3 Å². The zero-order valence-corrected chi connectivity index (χ0v) is 9.05. The molecule has 3 heteroatoms. The first kappa shape index (κ1) is 10.5. The Morgan fingerprint density at radius 1 is 1.31 bits per heavy atom. The molecule has 0 amide bonds. The van der Waals surface area contributed by atoms with E-state index < -0.39 is 0 Å². The Bertz CT molecular complexity index is 509. The molecule has 80 valence electrons. The van der Waals surface area contributed by atoms with Crippen molar-refractivity contribution in [1.82, 2.24) is 9.97 Å². The van der Waals surface area contributed by atoms with Gasteiger partial charge in [0, 0.05) is 12.6 Å². The van der Waals surface area contributed by atoms with E-state index in [1.807, 2.05) is 25.1 Å². The van der Waals surface area contributed by atoms with Gasteiger partial charge in [-0.25, -0.2) is 9.97 Å². The van der Waals surface area contributed by atoms with Crippen LogP contribution in [-0.2, 0) is 6.42 Å². The van der Waals surface area contributed by atoms with Crippen LogP contribution in [0.3, 0.4) is 0 Å². The standard InChI is InChI=1S/C13H12N2O/c1-10-3-2-4-11(7-10)8-13-14-6-5-12(9-16)15-13/h2-7,9H,8H2,1H3. The van der Waals surface area contributed by atoms with Gasteiger partial charge in [-0.1, -0.05) is 29.8 Å². The van der Waals surface area contributed by atoms with Gasteiger partial charge in [-0.05, 0) is 18.6 Å². The van der Waals surface area contributed by atoms with E-state index in [-0.39, 0.29) is 0 Å². The first-order chi connectivity index (χ1) is 7.78. The number of aryl methyl sites for hydroxylation is 1. The molecule has 0 saturated heterocycles. The molecule has 0 aliphatic heterocycles. The molecule has 1 aromatic carbocycles. The van der Waals surface area contributed by atoms with Gasteiger partial charge in [0.05, 0.1) is 0 Å². The summed E-state index contributed by atoms with van der Waals surface area (Å²) in [6.45, 7) is 2.05.